The summed E-state index contributed by atoms with van der Waals surface area (Å²) in [7, 11) is 1.94. The van der Waals surface area contributed by atoms with Crippen LogP contribution in [0, 0.1) is 19.3 Å². The minimum Gasteiger partial charge on any atom is -0.273 e. The van der Waals surface area contributed by atoms with E-state index >= 15 is 0 Å². The van der Waals surface area contributed by atoms with Crippen molar-refractivity contribution in [1.82, 2.24) is 9.78 Å². The van der Waals surface area contributed by atoms with Crippen LogP contribution in [0.1, 0.15) is 17.8 Å². The van der Waals surface area contributed by atoms with Crippen LogP contribution < -0.4 is 0 Å². The Balaban J connectivity index is 2.67. The van der Waals surface area contributed by atoms with Crippen molar-refractivity contribution in [3.05, 3.63) is 17.5 Å². The molecule has 0 fully saturated rings. The van der Waals surface area contributed by atoms with Crippen LogP contribution in [0.5, 0.6) is 0 Å². The van der Waals surface area contributed by atoms with Crippen LogP contribution >= 0.6 is 0 Å². The van der Waals surface area contributed by atoms with Gasteiger partial charge < -0.3 is 0 Å². The molecule has 2 heteroatoms. The molecule has 0 spiro atoms. The molecule has 0 N–H and O–H groups in total. The van der Waals surface area contributed by atoms with Crippen LogP contribution in [0.15, 0.2) is 6.07 Å². The van der Waals surface area contributed by atoms with E-state index in [2.05, 4.69) is 17.1 Å². The third-order valence-corrected chi connectivity index (χ3v) is 1.69. The third kappa shape index (κ3) is 1.84. The molecule has 0 aliphatic carbocycles. The van der Waals surface area contributed by atoms with Gasteiger partial charge >= 0.3 is 0 Å². The molecule has 1 rings (SSSR count). The van der Waals surface area contributed by atoms with Crippen molar-refractivity contribution in [3.63, 3.8) is 0 Å². The van der Waals surface area contributed by atoms with Crippen LogP contribution in [0.3, 0.4) is 0 Å². The Morgan fingerprint density at radius 2 is 2.45 bits per heavy atom. The first-order valence-corrected chi connectivity index (χ1v) is 3.67. The van der Waals surface area contributed by atoms with Crippen LogP contribution in [0.25, 0.3) is 0 Å². The highest BCUT2D eigenvalue weighted by Crippen LogP contribution is 2.02. The van der Waals surface area contributed by atoms with Gasteiger partial charge in [0.1, 0.15) is 0 Å². The van der Waals surface area contributed by atoms with Gasteiger partial charge in [-0.15, -0.1) is 12.3 Å². The first kappa shape index (κ1) is 7.87. The van der Waals surface area contributed by atoms with E-state index in [0.717, 1.165) is 18.5 Å². The molecule has 0 aromatic carbocycles. The third-order valence-electron chi connectivity index (χ3n) is 1.69. The Hall–Kier alpha value is -1.23. The molecular weight excluding hydrogens is 136 g/mol. The molecule has 11 heavy (non-hydrogen) atoms. The zero-order chi connectivity index (χ0) is 8.27. The van der Waals surface area contributed by atoms with Crippen molar-refractivity contribution in [2.45, 2.75) is 19.8 Å². The Morgan fingerprint density at radius 1 is 1.73 bits per heavy atom. The Labute approximate surface area is 67.2 Å². The highest BCUT2D eigenvalue weighted by atomic mass is 15.3. The Morgan fingerprint density at radius 3 is 2.91 bits per heavy atom. The average Bonchev–Trinajstić information content (AvgIpc) is 2.28. The molecular formula is C9H12N2. The van der Waals surface area contributed by atoms with E-state index in [9.17, 15) is 0 Å². The van der Waals surface area contributed by atoms with Gasteiger partial charge in [0.05, 0.1) is 5.69 Å². The maximum atomic E-state index is 5.14. The maximum Gasteiger partial charge on any atom is 0.0636 e. The van der Waals surface area contributed by atoms with E-state index in [1.165, 1.54) is 5.69 Å². The minimum absolute atomic E-state index is 0.774. The fourth-order valence-electron chi connectivity index (χ4n) is 0.957. The van der Waals surface area contributed by atoms with Crippen LogP contribution in [-0.2, 0) is 13.5 Å². The van der Waals surface area contributed by atoms with Crippen molar-refractivity contribution in [1.29, 1.82) is 0 Å². The molecule has 1 aromatic rings. The van der Waals surface area contributed by atoms with Gasteiger partial charge in [0.15, 0.2) is 0 Å². The van der Waals surface area contributed by atoms with Crippen LogP contribution in [-0.4, -0.2) is 9.78 Å². The molecule has 0 radical (unpaired) electrons. The van der Waals surface area contributed by atoms with Crippen molar-refractivity contribution in [2.75, 3.05) is 0 Å². The van der Waals surface area contributed by atoms with Crippen molar-refractivity contribution in [2.24, 2.45) is 7.05 Å². The standard InChI is InChI=1S/C9H12N2/c1-4-5-6-9-7-8(2)11(3)10-9/h1,7H,5-6H2,2-3H3. The zero-order valence-corrected chi connectivity index (χ0v) is 6.96. The number of nitrogens with zero attached hydrogens (tertiary/aromatic N) is 2. The summed E-state index contributed by atoms with van der Waals surface area (Å²) in [6, 6.07) is 2.07. The fraction of sp³-hybridized carbons (Fsp3) is 0.444. The highest BCUT2D eigenvalue weighted by Gasteiger charge is 1.98. The Bertz CT molecular complexity index is 259. The summed E-state index contributed by atoms with van der Waals surface area (Å²) in [6.45, 7) is 2.03. The number of aromatic nitrogens is 2. The molecule has 2 nitrogen and oxygen atoms in total. The second kappa shape index (κ2) is 3.25. The van der Waals surface area contributed by atoms with Gasteiger partial charge in [-0.2, -0.15) is 5.10 Å². The van der Waals surface area contributed by atoms with Crippen molar-refractivity contribution >= 4 is 0 Å². The highest BCUT2D eigenvalue weighted by molar-refractivity contribution is 5.09. The normalized spacial score (nSPS) is 9.55. The molecule has 0 aliphatic heterocycles. The largest absolute Gasteiger partial charge is 0.273 e. The van der Waals surface area contributed by atoms with Gasteiger partial charge in [0.2, 0.25) is 0 Å². The lowest BCUT2D eigenvalue weighted by Gasteiger charge is -1.89. The second-order valence-corrected chi connectivity index (χ2v) is 2.60. The lowest BCUT2D eigenvalue weighted by atomic mass is 10.2. The topological polar surface area (TPSA) is 17.8 Å². The van der Waals surface area contributed by atoms with Gasteiger partial charge in [-0.05, 0) is 13.0 Å². The summed E-state index contributed by atoms with van der Waals surface area (Å²) >= 11 is 0. The van der Waals surface area contributed by atoms with Gasteiger partial charge in [-0.25, -0.2) is 0 Å². The summed E-state index contributed by atoms with van der Waals surface area (Å²) in [6.07, 6.45) is 6.80. The summed E-state index contributed by atoms with van der Waals surface area (Å²) in [4.78, 5) is 0. The number of aryl methyl sites for hydroxylation is 3. The van der Waals surface area contributed by atoms with E-state index in [-0.39, 0.29) is 0 Å². The first-order valence-electron chi connectivity index (χ1n) is 3.67. The van der Waals surface area contributed by atoms with E-state index < -0.39 is 0 Å². The van der Waals surface area contributed by atoms with E-state index in [1.54, 1.807) is 0 Å². The zero-order valence-electron chi connectivity index (χ0n) is 6.96. The summed E-state index contributed by atoms with van der Waals surface area (Å²) in [5.74, 6) is 2.60. The van der Waals surface area contributed by atoms with E-state index in [4.69, 9.17) is 6.42 Å². The number of terminal acetylenes is 1. The molecule has 0 saturated carbocycles. The summed E-state index contributed by atoms with van der Waals surface area (Å²) in [5.41, 5.74) is 2.26. The lowest BCUT2D eigenvalue weighted by Crippen LogP contribution is -1.93. The monoisotopic (exact) mass is 148 g/mol. The predicted octanol–water partition coefficient (Wildman–Crippen LogP) is 1.29. The van der Waals surface area contributed by atoms with Crippen molar-refractivity contribution < 1.29 is 0 Å². The molecule has 0 unspecified atom stereocenters. The summed E-state index contributed by atoms with van der Waals surface area (Å²) in [5, 5.41) is 4.27. The fourth-order valence-corrected chi connectivity index (χ4v) is 0.957. The maximum absolute atomic E-state index is 5.14. The van der Waals surface area contributed by atoms with Crippen LogP contribution in [0.4, 0.5) is 0 Å². The van der Waals surface area contributed by atoms with Gasteiger partial charge in [-0.1, -0.05) is 0 Å². The number of hydrogen-bond donors (Lipinski definition) is 0. The van der Waals surface area contributed by atoms with Crippen LogP contribution in [0.2, 0.25) is 0 Å². The number of hydrogen-bond acceptors (Lipinski definition) is 1. The lowest BCUT2D eigenvalue weighted by molar-refractivity contribution is 0.719. The average molecular weight is 148 g/mol. The molecule has 0 saturated heterocycles. The van der Waals surface area contributed by atoms with E-state index in [1.807, 2.05) is 18.7 Å². The molecule has 0 amide bonds. The molecule has 0 aliphatic rings. The summed E-state index contributed by atoms with van der Waals surface area (Å²) < 4.78 is 1.87. The SMILES string of the molecule is C#CCCc1cc(C)n(C)n1. The van der Waals surface area contributed by atoms with Gasteiger partial charge in [-0.3, -0.25) is 4.68 Å². The second-order valence-electron chi connectivity index (χ2n) is 2.60. The van der Waals surface area contributed by atoms with Gasteiger partial charge in [0, 0.05) is 25.6 Å². The predicted molar refractivity (Wildman–Crippen MR) is 45.1 cm³/mol. The van der Waals surface area contributed by atoms with Gasteiger partial charge in [0.25, 0.3) is 0 Å². The minimum atomic E-state index is 0.774. The number of rotatable bonds is 2. The molecule has 1 heterocycles. The smallest absolute Gasteiger partial charge is 0.0636 e. The molecule has 0 atom stereocenters. The first-order chi connectivity index (χ1) is 5.24. The van der Waals surface area contributed by atoms with E-state index in [0.29, 0.717) is 0 Å². The Kier molecular flexibility index (Phi) is 2.32. The molecule has 1 aromatic heterocycles. The molecule has 58 valence electrons. The quantitative estimate of drug-likeness (QED) is 0.578. The van der Waals surface area contributed by atoms with Crippen molar-refractivity contribution in [3.8, 4) is 12.3 Å². The molecule has 0 bridgehead atoms.